The standard InChI is InChI=1S/C15H25NS/c1-4-13(15-6-5-9-17-15)16-14-10-11(2)7-8-12(14)3/h5-6,9,11-14,16H,4,7-8,10H2,1-3H3. The van der Waals surface area contributed by atoms with Crippen LogP contribution >= 0.6 is 11.3 Å². The van der Waals surface area contributed by atoms with Crippen molar-refractivity contribution in [2.45, 2.75) is 58.5 Å². The van der Waals surface area contributed by atoms with Crippen LogP contribution in [0.4, 0.5) is 0 Å². The molecule has 1 heterocycles. The molecule has 0 bridgehead atoms. The Balaban J connectivity index is 1.98. The maximum Gasteiger partial charge on any atom is 0.0414 e. The Bertz CT molecular complexity index is 320. The minimum absolute atomic E-state index is 0.563. The van der Waals surface area contributed by atoms with Crippen LogP contribution in [-0.4, -0.2) is 6.04 Å². The third-order valence-corrected chi connectivity index (χ3v) is 5.15. The molecule has 0 spiro atoms. The summed E-state index contributed by atoms with van der Waals surface area (Å²) in [5.74, 6) is 1.73. The van der Waals surface area contributed by atoms with E-state index < -0.39 is 0 Å². The molecule has 4 atom stereocenters. The van der Waals surface area contributed by atoms with Gasteiger partial charge in [-0.3, -0.25) is 0 Å². The largest absolute Gasteiger partial charge is 0.306 e. The van der Waals surface area contributed by atoms with E-state index in [1.165, 1.54) is 30.6 Å². The maximum absolute atomic E-state index is 3.90. The molecule has 2 heteroatoms. The Morgan fingerprint density at radius 3 is 2.88 bits per heavy atom. The van der Waals surface area contributed by atoms with Crippen molar-refractivity contribution in [1.82, 2.24) is 5.32 Å². The van der Waals surface area contributed by atoms with Gasteiger partial charge in [-0.2, -0.15) is 0 Å². The first-order valence-electron chi connectivity index (χ1n) is 7.00. The topological polar surface area (TPSA) is 12.0 Å². The van der Waals surface area contributed by atoms with Crippen LogP contribution in [0.3, 0.4) is 0 Å². The molecule has 1 nitrogen and oxygen atoms in total. The van der Waals surface area contributed by atoms with E-state index in [2.05, 4.69) is 43.6 Å². The highest BCUT2D eigenvalue weighted by Crippen LogP contribution is 2.31. The van der Waals surface area contributed by atoms with Crippen molar-refractivity contribution in [3.63, 3.8) is 0 Å². The number of hydrogen-bond donors (Lipinski definition) is 1. The van der Waals surface area contributed by atoms with E-state index in [0.29, 0.717) is 12.1 Å². The van der Waals surface area contributed by atoms with E-state index in [0.717, 1.165) is 11.8 Å². The van der Waals surface area contributed by atoms with Gasteiger partial charge in [0.2, 0.25) is 0 Å². The van der Waals surface area contributed by atoms with Crippen LogP contribution in [0.2, 0.25) is 0 Å². The minimum atomic E-state index is 0.563. The Kier molecular flexibility index (Phi) is 4.63. The molecule has 1 N–H and O–H groups in total. The van der Waals surface area contributed by atoms with Gasteiger partial charge in [-0.05, 0) is 42.5 Å². The quantitative estimate of drug-likeness (QED) is 0.823. The van der Waals surface area contributed by atoms with Gasteiger partial charge in [-0.25, -0.2) is 0 Å². The summed E-state index contributed by atoms with van der Waals surface area (Å²) in [5, 5.41) is 6.09. The molecular weight excluding hydrogens is 226 g/mol. The molecule has 0 aromatic carbocycles. The molecule has 0 amide bonds. The van der Waals surface area contributed by atoms with E-state index in [9.17, 15) is 0 Å². The molecule has 1 aromatic heterocycles. The fourth-order valence-corrected chi connectivity index (χ4v) is 3.78. The van der Waals surface area contributed by atoms with Crippen LogP contribution in [0.5, 0.6) is 0 Å². The summed E-state index contributed by atoms with van der Waals surface area (Å²) < 4.78 is 0. The molecule has 1 aliphatic rings. The monoisotopic (exact) mass is 251 g/mol. The second-order valence-corrected chi connectivity index (χ2v) is 6.62. The molecule has 1 fully saturated rings. The summed E-state index contributed by atoms with van der Waals surface area (Å²) in [6.45, 7) is 7.09. The summed E-state index contributed by atoms with van der Waals surface area (Å²) in [5.41, 5.74) is 0. The fraction of sp³-hybridized carbons (Fsp3) is 0.733. The smallest absolute Gasteiger partial charge is 0.0414 e. The SMILES string of the molecule is CCC(NC1CC(C)CCC1C)c1cccs1. The molecular formula is C15H25NS. The number of rotatable bonds is 4. The Hall–Kier alpha value is -0.340. The first-order valence-corrected chi connectivity index (χ1v) is 7.88. The van der Waals surface area contributed by atoms with Gasteiger partial charge in [-0.15, -0.1) is 11.3 Å². The third kappa shape index (κ3) is 3.32. The summed E-state index contributed by atoms with van der Waals surface area (Å²) in [7, 11) is 0. The van der Waals surface area contributed by atoms with Gasteiger partial charge < -0.3 is 5.32 Å². The number of nitrogens with one attached hydrogen (secondary N) is 1. The molecule has 4 unspecified atom stereocenters. The lowest BCUT2D eigenvalue weighted by atomic mass is 9.79. The lowest BCUT2D eigenvalue weighted by Crippen LogP contribution is -2.41. The number of thiophene rings is 1. The first-order chi connectivity index (χ1) is 8.20. The molecule has 17 heavy (non-hydrogen) atoms. The third-order valence-electron chi connectivity index (χ3n) is 4.17. The molecule has 2 rings (SSSR count). The normalized spacial score (nSPS) is 31.4. The van der Waals surface area contributed by atoms with Crippen molar-refractivity contribution in [2.24, 2.45) is 11.8 Å². The predicted molar refractivity (Wildman–Crippen MR) is 76.5 cm³/mol. The van der Waals surface area contributed by atoms with Crippen LogP contribution < -0.4 is 5.32 Å². The van der Waals surface area contributed by atoms with Gasteiger partial charge in [0.15, 0.2) is 0 Å². The van der Waals surface area contributed by atoms with E-state index >= 15 is 0 Å². The maximum atomic E-state index is 3.90. The zero-order valence-electron chi connectivity index (χ0n) is 11.3. The lowest BCUT2D eigenvalue weighted by molar-refractivity contribution is 0.212. The van der Waals surface area contributed by atoms with E-state index in [1.807, 2.05) is 11.3 Å². The molecule has 1 saturated carbocycles. The average molecular weight is 251 g/mol. The second kappa shape index (κ2) is 6.01. The zero-order chi connectivity index (χ0) is 12.3. The summed E-state index contributed by atoms with van der Waals surface area (Å²) in [6.07, 6.45) is 5.34. The average Bonchev–Trinajstić information content (AvgIpc) is 2.84. The molecule has 0 radical (unpaired) electrons. The first kappa shape index (κ1) is 13.1. The highest BCUT2D eigenvalue weighted by molar-refractivity contribution is 7.10. The van der Waals surface area contributed by atoms with Crippen molar-refractivity contribution >= 4 is 11.3 Å². The van der Waals surface area contributed by atoms with Crippen LogP contribution in [0, 0.1) is 11.8 Å². The van der Waals surface area contributed by atoms with Gasteiger partial charge in [0.1, 0.15) is 0 Å². The molecule has 1 aliphatic carbocycles. The summed E-state index contributed by atoms with van der Waals surface area (Å²) in [6, 6.07) is 5.71. The van der Waals surface area contributed by atoms with Crippen molar-refractivity contribution in [3.8, 4) is 0 Å². The Morgan fingerprint density at radius 1 is 1.41 bits per heavy atom. The highest BCUT2D eigenvalue weighted by Gasteiger charge is 2.27. The molecule has 1 aromatic rings. The van der Waals surface area contributed by atoms with Crippen LogP contribution in [0.1, 0.15) is 57.4 Å². The zero-order valence-corrected chi connectivity index (χ0v) is 12.1. The van der Waals surface area contributed by atoms with Gasteiger partial charge >= 0.3 is 0 Å². The van der Waals surface area contributed by atoms with E-state index in [4.69, 9.17) is 0 Å². The Labute approximate surface area is 110 Å². The Morgan fingerprint density at radius 2 is 2.24 bits per heavy atom. The minimum Gasteiger partial charge on any atom is -0.306 e. The van der Waals surface area contributed by atoms with Crippen molar-refractivity contribution in [2.75, 3.05) is 0 Å². The van der Waals surface area contributed by atoms with E-state index in [1.54, 1.807) is 0 Å². The lowest BCUT2D eigenvalue weighted by Gasteiger charge is -2.35. The van der Waals surface area contributed by atoms with Gasteiger partial charge in [-0.1, -0.05) is 33.3 Å². The number of hydrogen-bond acceptors (Lipinski definition) is 2. The van der Waals surface area contributed by atoms with E-state index in [-0.39, 0.29) is 0 Å². The fourth-order valence-electron chi connectivity index (χ4n) is 2.91. The van der Waals surface area contributed by atoms with Crippen LogP contribution in [0.15, 0.2) is 17.5 Å². The van der Waals surface area contributed by atoms with Crippen molar-refractivity contribution in [3.05, 3.63) is 22.4 Å². The summed E-state index contributed by atoms with van der Waals surface area (Å²) >= 11 is 1.88. The van der Waals surface area contributed by atoms with Crippen LogP contribution in [0.25, 0.3) is 0 Å². The van der Waals surface area contributed by atoms with Crippen LogP contribution in [-0.2, 0) is 0 Å². The van der Waals surface area contributed by atoms with Crippen molar-refractivity contribution < 1.29 is 0 Å². The predicted octanol–water partition coefficient (Wildman–Crippen LogP) is 4.61. The van der Waals surface area contributed by atoms with Gasteiger partial charge in [0.05, 0.1) is 0 Å². The summed E-state index contributed by atoms with van der Waals surface area (Å²) in [4.78, 5) is 1.50. The molecule has 0 saturated heterocycles. The molecule has 0 aliphatic heterocycles. The molecule has 96 valence electrons. The van der Waals surface area contributed by atoms with Gasteiger partial charge in [0.25, 0.3) is 0 Å². The van der Waals surface area contributed by atoms with Gasteiger partial charge in [0, 0.05) is 17.0 Å². The highest BCUT2D eigenvalue weighted by atomic mass is 32.1. The van der Waals surface area contributed by atoms with Crippen molar-refractivity contribution in [1.29, 1.82) is 0 Å². The second-order valence-electron chi connectivity index (χ2n) is 5.64.